The third-order valence-corrected chi connectivity index (χ3v) is 7.42. The van der Waals surface area contributed by atoms with Gasteiger partial charge in [-0.2, -0.15) is 4.98 Å². The molecule has 0 spiro atoms. The molecule has 0 amide bonds. The molecule has 1 aliphatic rings. The SMILES string of the molecule is CCC(C)=C(c1ccc(COc2nc(-c3c(OC)ncnc3C3CC3)ncc2C(C)O)cc1)N(C)/C=C(\C)C(C)(F)F. The highest BCUT2D eigenvalue weighted by Gasteiger charge is 2.32. The number of allylic oxidation sites excluding steroid dienone is 2. The molecule has 1 aromatic carbocycles. The van der Waals surface area contributed by atoms with E-state index < -0.39 is 12.0 Å². The summed E-state index contributed by atoms with van der Waals surface area (Å²) in [6.07, 6.45) is 6.52. The Morgan fingerprint density at radius 2 is 1.83 bits per heavy atom. The highest BCUT2D eigenvalue weighted by molar-refractivity contribution is 5.68. The largest absolute Gasteiger partial charge is 0.480 e. The highest BCUT2D eigenvalue weighted by atomic mass is 19.3. The second kappa shape index (κ2) is 12.9. The van der Waals surface area contributed by atoms with Crippen LogP contribution in [0.5, 0.6) is 11.8 Å². The van der Waals surface area contributed by atoms with Crippen LogP contribution in [0.1, 0.15) is 88.3 Å². The van der Waals surface area contributed by atoms with Gasteiger partial charge in [-0.25, -0.2) is 23.7 Å². The van der Waals surface area contributed by atoms with Gasteiger partial charge in [-0.05, 0) is 56.7 Å². The van der Waals surface area contributed by atoms with Crippen molar-refractivity contribution in [2.45, 2.75) is 78.4 Å². The van der Waals surface area contributed by atoms with E-state index in [1.165, 1.54) is 19.5 Å². The topological polar surface area (TPSA) is 93.5 Å². The number of rotatable bonds is 12. The number of ether oxygens (including phenoxy) is 2. The lowest BCUT2D eigenvalue weighted by Crippen LogP contribution is -2.18. The van der Waals surface area contributed by atoms with Crippen LogP contribution in [0, 0.1) is 0 Å². The average Bonchev–Trinajstić information content (AvgIpc) is 3.81. The quantitative estimate of drug-likeness (QED) is 0.243. The van der Waals surface area contributed by atoms with E-state index >= 15 is 0 Å². The fraction of sp³-hybridized carbons (Fsp3) is 0.438. The van der Waals surface area contributed by atoms with Crippen molar-refractivity contribution in [3.05, 3.63) is 76.5 Å². The number of aromatic nitrogens is 4. The van der Waals surface area contributed by atoms with Gasteiger partial charge in [0.05, 0.1) is 24.5 Å². The summed E-state index contributed by atoms with van der Waals surface area (Å²) in [7, 11) is 3.33. The van der Waals surface area contributed by atoms with Crippen molar-refractivity contribution in [3.63, 3.8) is 0 Å². The number of nitrogens with zero attached hydrogens (tertiary/aromatic N) is 5. The van der Waals surface area contributed by atoms with Gasteiger partial charge >= 0.3 is 0 Å². The van der Waals surface area contributed by atoms with Crippen molar-refractivity contribution in [1.29, 1.82) is 0 Å². The van der Waals surface area contributed by atoms with Gasteiger partial charge in [0, 0.05) is 43.6 Å². The molecular weight excluding hydrogens is 540 g/mol. The van der Waals surface area contributed by atoms with E-state index in [4.69, 9.17) is 9.47 Å². The molecule has 1 unspecified atom stereocenters. The first-order valence-corrected chi connectivity index (χ1v) is 14.1. The zero-order valence-corrected chi connectivity index (χ0v) is 25.3. The van der Waals surface area contributed by atoms with E-state index in [1.807, 2.05) is 38.1 Å². The minimum absolute atomic E-state index is 0.0153. The first kappa shape index (κ1) is 31.0. The van der Waals surface area contributed by atoms with E-state index in [9.17, 15) is 13.9 Å². The summed E-state index contributed by atoms with van der Waals surface area (Å²) >= 11 is 0. The minimum Gasteiger partial charge on any atom is -0.480 e. The van der Waals surface area contributed by atoms with Gasteiger partial charge in [0.25, 0.3) is 5.92 Å². The first-order chi connectivity index (χ1) is 19.9. The van der Waals surface area contributed by atoms with Crippen molar-refractivity contribution >= 4 is 5.70 Å². The Hall–Kier alpha value is -3.92. The Kier molecular flexibility index (Phi) is 9.56. The average molecular weight is 580 g/mol. The van der Waals surface area contributed by atoms with Crippen molar-refractivity contribution in [2.24, 2.45) is 0 Å². The van der Waals surface area contributed by atoms with Crippen LogP contribution in [0.4, 0.5) is 8.78 Å². The van der Waals surface area contributed by atoms with Crippen LogP contribution in [-0.2, 0) is 6.61 Å². The Balaban J connectivity index is 1.60. The lowest BCUT2D eigenvalue weighted by atomic mass is 10.0. The highest BCUT2D eigenvalue weighted by Crippen LogP contribution is 2.45. The molecule has 4 rings (SSSR count). The van der Waals surface area contributed by atoms with E-state index in [-0.39, 0.29) is 18.1 Å². The maximum absolute atomic E-state index is 13.8. The van der Waals surface area contributed by atoms with Crippen LogP contribution in [-0.4, -0.2) is 50.0 Å². The van der Waals surface area contributed by atoms with E-state index in [2.05, 4.69) is 19.9 Å². The molecule has 8 nitrogen and oxygen atoms in total. The van der Waals surface area contributed by atoms with Gasteiger partial charge in [0.2, 0.25) is 11.8 Å². The van der Waals surface area contributed by atoms with Crippen molar-refractivity contribution in [2.75, 3.05) is 14.2 Å². The lowest BCUT2D eigenvalue weighted by molar-refractivity contribution is 0.0622. The molecule has 2 heterocycles. The molecular formula is C32H39F2N5O3. The summed E-state index contributed by atoms with van der Waals surface area (Å²) < 4.78 is 39.3. The standard InChI is InChI=1S/C32H39F2N5O3/c1-8-19(2)28(39(6)16-20(3)32(5,33)34)24-11-9-22(10-12-24)17-42-30-25(21(4)40)15-35-29(38-30)26-27(23-13-14-23)36-18-37-31(26)41-7/h9-12,15-16,18,21,23,40H,8,13-14,17H2,1-7H3/b20-16+,28-19?. The maximum atomic E-state index is 13.8. The third-order valence-electron chi connectivity index (χ3n) is 7.42. The summed E-state index contributed by atoms with van der Waals surface area (Å²) in [4.78, 5) is 19.7. The zero-order valence-electron chi connectivity index (χ0n) is 25.3. The molecule has 0 radical (unpaired) electrons. The number of methoxy groups -OCH3 is 1. The molecule has 2 aromatic heterocycles. The molecule has 1 fully saturated rings. The van der Waals surface area contributed by atoms with Gasteiger partial charge in [-0.3, -0.25) is 0 Å². The minimum atomic E-state index is -2.90. The number of aliphatic hydroxyl groups is 1. The van der Waals surface area contributed by atoms with E-state index in [0.29, 0.717) is 28.7 Å². The van der Waals surface area contributed by atoms with Gasteiger partial charge in [0.15, 0.2) is 5.82 Å². The number of hydrogen-bond donors (Lipinski definition) is 1. The summed E-state index contributed by atoms with van der Waals surface area (Å²) in [5, 5.41) is 10.4. The molecule has 1 N–H and O–H groups in total. The first-order valence-electron chi connectivity index (χ1n) is 14.1. The number of hydrogen-bond acceptors (Lipinski definition) is 8. The summed E-state index contributed by atoms with van der Waals surface area (Å²) in [6.45, 7) is 8.20. The summed E-state index contributed by atoms with van der Waals surface area (Å²) in [6, 6.07) is 7.76. The molecule has 1 aliphatic carbocycles. The van der Waals surface area contributed by atoms with Crippen LogP contribution in [0.3, 0.4) is 0 Å². The fourth-order valence-corrected chi connectivity index (χ4v) is 4.61. The van der Waals surface area contributed by atoms with Crippen LogP contribution in [0.2, 0.25) is 0 Å². The zero-order chi connectivity index (χ0) is 30.6. The van der Waals surface area contributed by atoms with E-state index in [0.717, 1.165) is 54.3 Å². The molecule has 10 heteroatoms. The van der Waals surface area contributed by atoms with E-state index in [1.54, 1.807) is 32.2 Å². The van der Waals surface area contributed by atoms with Crippen molar-refractivity contribution in [3.8, 4) is 23.1 Å². The van der Waals surface area contributed by atoms with Gasteiger partial charge in [-0.1, -0.05) is 31.2 Å². The molecule has 0 saturated heterocycles. The number of benzene rings is 1. The van der Waals surface area contributed by atoms with Crippen LogP contribution < -0.4 is 9.47 Å². The Morgan fingerprint density at radius 1 is 1.14 bits per heavy atom. The maximum Gasteiger partial charge on any atom is 0.268 e. The smallest absolute Gasteiger partial charge is 0.268 e. The number of alkyl halides is 2. The molecule has 1 atom stereocenters. The third kappa shape index (κ3) is 7.10. The van der Waals surface area contributed by atoms with Gasteiger partial charge < -0.3 is 19.5 Å². The molecule has 0 bridgehead atoms. The van der Waals surface area contributed by atoms with Crippen LogP contribution >= 0.6 is 0 Å². The summed E-state index contributed by atoms with van der Waals surface area (Å²) in [5.74, 6) is -1.56. The van der Waals surface area contributed by atoms with Crippen molar-refractivity contribution < 1.29 is 23.4 Å². The molecule has 3 aromatic rings. The molecule has 42 heavy (non-hydrogen) atoms. The molecule has 0 aliphatic heterocycles. The summed E-state index contributed by atoms with van der Waals surface area (Å²) in [5.41, 5.74) is 5.64. The monoisotopic (exact) mass is 579 g/mol. The van der Waals surface area contributed by atoms with Crippen LogP contribution in [0.15, 0.2) is 54.1 Å². The second-order valence-electron chi connectivity index (χ2n) is 10.8. The Morgan fingerprint density at radius 3 is 2.40 bits per heavy atom. The normalized spacial score (nSPS) is 15.2. The fourth-order valence-electron chi connectivity index (χ4n) is 4.61. The Bertz CT molecular complexity index is 1460. The predicted octanol–water partition coefficient (Wildman–Crippen LogP) is 7.08. The molecule has 224 valence electrons. The number of halogens is 2. The van der Waals surface area contributed by atoms with Gasteiger partial charge in [0.1, 0.15) is 18.5 Å². The second-order valence-corrected chi connectivity index (χ2v) is 10.8. The molecule has 1 saturated carbocycles. The predicted molar refractivity (Wildman–Crippen MR) is 158 cm³/mol. The van der Waals surface area contributed by atoms with Gasteiger partial charge in [-0.15, -0.1) is 0 Å². The lowest BCUT2D eigenvalue weighted by Gasteiger charge is -2.24. The van der Waals surface area contributed by atoms with Crippen molar-refractivity contribution in [1.82, 2.24) is 24.8 Å². The Labute approximate surface area is 246 Å². The number of aliphatic hydroxyl groups excluding tert-OH is 1. The van der Waals surface area contributed by atoms with Crippen LogP contribution in [0.25, 0.3) is 17.1 Å².